The Labute approximate surface area is 164 Å². The van der Waals surface area contributed by atoms with Crippen molar-refractivity contribution in [2.24, 2.45) is 10.8 Å². The van der Waals surface area contributed by atoms with Gasteiger partial charge in [-0.15, -0.1) is 0 Å². The molecule has 2 aromatic carbocycles. The lowest BCUT2D eigenvalue weighted by atomic mass is 9.88. The Kier molecular flexibility index (Phi) is 8.08. The number of hydrogen-bond acceptors (Lipinski definition) is 3. The summed E-state index contributed by atoms with van der Waals surface area (Å²) in [4.78, 5) is 10.7. The predicted molar refractivity (Wildman–Crippen MR) is 112 cm³/mol. The van der Waals surface area contributed by atoms with Crippen LogP contribution in [0.3, 0.4) is 0 Å². The molecule has 27 heavy (non-hydrogen) atoms. The van der Waals surface area contributed by atoms with E-state index in [0.29, 0.717) is 16.9 Å². The van der Waals surface area contributed by atoms with Crippen LogP contribution >= 0.6 is 0 Å². The maximum atomic E-state index is 10.7. The molecule has 0 aliphatic rings. The predicted octanol–water partition coefficient (Wildman–Crippen LogP) is 6.18. The molecule has 0 atom stereocenters. The smallest absolute Gasteiger partial charge is 0.308 e. The van der Waals surface area contributed by atoms with Gasteiger partial charge >= 0.3 is 5.97 Å². The van der Waals surface area contributed by atoms with Crippen molar-refractivity contribution in [2.75, 3.05) is 0 Å². The van der Waals surface area contributed by atoms with E-state index >= 15 is 0 Å². The van der Waals surface area contributed by atoms with Gasteiger partial charge in [-0.05, 0) is 59.1 Å². The molecule has 0 saturated carbocycles. The van der Waals surface area contributed by atoms with E-state index in [4.69, 9.17) is 9.84 Å². The molecular formula is C24H34O3. The van der Waals surface area contributed by atoms with Gasteiger partial charge in [-0.1, -0.05) is 65.8 Å². The second kappa shape index (κ2) is 9.59. The van der Waals surface area contributed by atoms with Crippen molar-refractivity contribution in [2.45, 2.75) is 61.3 Å². The van der Waals surface area contributed by atoms with Crippen LogP contribution in [-0.4, -0.2) is 11.1 Å². The number of carbonyl (C=O) groups excluding carboxylic acids is 1. The third-order valence-corrected chi connectivity index (χ3v) is 3.59. The van der Waals surface area contributed by atoms with Crippen molar-refractivity contribution >= 4 is 5.97 Å². The molecule has 148 valence electrons. The fourth-order valence-electron chi connectivity index (χ4n) is 2.68. The van der Waals surface area contributed by atoms with Crippen LogP contribution in [0.2, 0.25) is 0 Å². The summed E-state index contributed by atoms with van der Waals surface area (Å²) >= 11 is 0. The van der Waals surface area contributed by atoms with Crippen molar-refractivity contribution in [3.63, 3.8) is 0 Å². The molecule has 0 saturated heterocycles. The van der Waals surface area contributed by atoms with E-state index < -0.39 is 0 Å². The largest absolute Gasteiger partial charge is 0.508 e. The first-order valence-electron chi connectivity index (χ1n) is 9.39. The molecule has 3 heteroatoms. The minimum Gasteiger partial charge on any atom is -0.508 e. The lowest BCUT2D eigenvalue weighted by Crippen LogP contribution is -2.09. The molecule has 0 aliphatic heterocycles. The highest BCUT2D eigenvalue weighted by Crippen LogP contribution is 2.22. The van der Waals surface area contributed by atoms with Crippen LogP contribution < -0.4 is 4.74 Å². The first kappa shape index (κ1) is 22.8. The number of esters is 1. The van der Waals surface area contributed by atoms with Crippen LogP contribution in [0.5, 0.6) is 11.5 Å². The number of hydrogen-bond donors (Lipinski definition) is 1. The Morgan fingerprint density at radius 1 is 0.778 bits per heavy atom. The summed E-state index contributed by atoms with van der Waals surface area (Å²) in [5.74, 6) is 0.673. The van der Waals surface area contributed by atoms with Gasteiger partial charge in [0, 0.05) is 6.92 Å². The number of ether oxygens (including phenoxy) is 1. The van der Waals surface area contributed by atoms with Gasteiger partial charge in [0.05, 0.1) is 0 Å². The van der Waals surface area contributed by atoms with Gasteiger partial charge in [-0.3, -0.25) is 4.79 Å². The van der Waals surface area contributed by atoms with Crippen LogP contribution in [0, 0.1) is 10.8 Å². The normalized spacial score (nSPS) is 11.4. The van der Waals surface area contributed by atoms with Gasteiger partial charge < -0.3 is 9.84 Å². The second-order valence-electron chi connectivity index (χ2n) is 9.38. The minimum atomic E-state index is -0.279. The van der Waals surface area contributed by atoms with Gasteiger partial charge in [0.25, 0.3) is 0 Å². The number of benzene rings is 2. The highest BCUT2D eigenvalue weighted by molar-refractivity contribution is 5.69. The maximum absolute atomic E-state index is 10.7. The molecular weight excluding hydrogens is 336 g/mol. The van der Waals surface area contributed by atoms with E-state index in [1.54, 1.807) is 12.1 Å². The summed E-state index contributed by atoms with van der Waals surface area (Å²) in [7, 11) is 0. The fraction of sp³-hybridized carbons (Fsp3) is 0.458. The molecule has 0 heterocycles. The van der Waals surface area contributed by atoms with Gasteiger partial charge in [0.2, 0.25) is 0 Å². The first-order chi connectivity index (χ1) is 12.3. The fourth-order valence-corrected chi connectivity index (χ4v) is 2.68. The molecule has 0 spiro atoms. The van der Waals surface area contributed by atoms with Gasteiger partial charge in [0.15, 0.2) is 0 Å². The number of carbonyl (C=O) groups is 1. The Morgan fingerprint density at radius 3 is 1.48 bits per heavy atom. The Balaban J connectivity index is 0.000000277. The van der Waals surface area contributed by atoms with E-state index in [1.165, 1.54) is 18.1 Å². The molecule has 2 aromatic rings. The van der Waals surface area contributed by atoms with E-state index in [2.05, 4.69) is 41.5 Å². The zero-order valence-corrected chi connectivity index (χ0v) is 17.8. The van der Waals surface area contributed by atoms with Crippen molar-refractivity contribution < 1.29 is 14.6 Å². The van der Waals surface area contributed by atoms with Crippen molar-refractivity contribution in [1.82, 2.24) is 0 Å². The highest BCUT2D eigenvalue weighted by atomic mass is 16.5. The summed E-state index contributed by atoms with van der Waals surface area (Å²) in [5.41, 5.74) is 3.14. The SMILES string of the molecule is CC(=O)Oc1ccc(CC(C)(C)C)cc1.CC(C)(C)Cc1ccc(O)cc1. The maximum Gasteiger partial charge on any atom is 0.308 e. The number of phenolic OH excluding ortho intramolecular Hbond substituents is 1. The molecule has 0 fully saturated rings. The lowest BCUT2D eigenvalue weighted by Gasteiger charge is -2.18. The average molecular weight is 371 g/mol. The Bertz CT molecular complexity index is 699. The molecule has 0 bridgehead atoms. The highest BCUT2D eigenvalue weighted by Gasteiger charge is 2.11. The van der Waals surface area contributed by atoms with Crippen LogP contribution in [0.1, 0.15) is 59.6 Å². The number of phenols is 1. The molecule has 0 radical (unpaired) electrons. The van der Waals surface area contributed by atoms with Gasteiger partial charge in [-0.25, -0.2) is 0 Å². The third-order valence-electron chi connectivity index (χ3n) is 3.59. The van der Waals surface area contributed by atoms with Crippen LogP contribution in [0.15, 0.2) is 48.5 Å². The molecule has 1 N–H and O–H groups in total. The molecule has 0 unspecified atom stereocenters. The van der Waals surface area contributed by atoms with E-state index in [1.807, 2.05) is 36.4 Å². The second-order valence-corrected chi connectivity index (χ2v) is 9.38. The summed E-state index contributed by atoms with van der Waals surface area (Å²) in [6, 6.07) is 15.1. The van der Waals surface area contributed by atoms with E-state index in [-0.39, 0.29) is 11.4 Å². The molecule has 0 aromatic heterocycles. The van der Waals surface area contributed by atoms with E-state index in [0.717, 1.165) is 12.8 Å². The summed E-state index contributed by atoms with van der Waals surface area (Å²) < 4.78 is 4.96. The van der Waals surface area contributed by atoms with Gasteiger partial charge in [-0.2, -0.15) is 0 Å². The van der Waals surface area contributed by atoms with Crippen LogP contribution in [0.4, 0.5) is 0 Å². The zero-order chi connectivity index (χ0) is 20.7. The summed E-state index contributed by atoms with van der Waals surface area (Å²) in [6.45, 7) is 14.6. The Hall–Kier alpha value is -2.29. The molecule has 3 nitrogen and oxygen atoms in total. The third kappa shape index (κ3) is 11.1. The van der Waals surface area contributed by atoms with E-state index in [9.17, 15) is 4.79 Å². The molecule has 2 rings (SSSR count). The monoisotopic (exact) mass is 370 g/mol. The van der Waals surface area contributed by atoms with Gasteiger partial charge in [0.1, 0.15) is 11.5 Å². The number of aromatic hydroxyl groups is 1. The van der Waals surface area contributed by atoms with Crippen LogP contribution in [0.25, 0.3) is 0 Å². The average Bonchev–Trinajstić information content (AvgIpc) is 2.49. The van der Waals surface area contributed by atoms with Crippen LogP contribution in [-0.2, 0) is 17.6 Å². The lowest BCUT2D eigenvalue weighted by molar-refractivity contribution is -0.131. The Morgan fingerprint density at radius 2 is 1.15 bits per heavy atom. The zero-order valence-electron chi connectivity index (χ0n) is 17.8. The molecule has 0 aliphatic carbocycles. The summed E-state index contributed by atoms with van der Waals surface area (Å²) in [5, 5.41) is 9.05. The van der Waals surface area contributed by atoms with Crippen molar-refractivity contribution in [3.05, 3.63) is 59.7 Å². The number of rotatable bonds is 3. The standard InChI is InChI=1S/C13H18O2.C11H16O/c1-10(14)15-12-7-5-11(6-8-12)9-13(2,3)4;1-11(2,3)8-9-4-6-10(12)7-5-9/h5-8H,9H2,1-4H3;4-7,12H,8H2,1-3H3. The molecule has 0 amide bonds. The quantitative estimate of drug-likeness (QED) is 0.518. The first-order valence-corrected chi connectivity index (χ1v) is 9.39. The topological polar surface area (TPSA) is 46.5 Å². The van der Waals surface area contributed by atoms with Crippen molar-refractivity contribution in [1.29, 1.82) is 0 Å². The van der Waals surface area contributed by atoms with Crippen molar-refractivity contribution in [3.8, 4) is 11.5 Å². The summed E-state index contributed by atoms with van der Waals surface area (Å²) in [6.07, 6.45) is 2.07. The minimum absolute atomic E-state index is 0.279.